The summed E-state index contributed by atoms with van der Waals surface area (Å²) in [5, 5.41) is 12.7. The van der Waals surface area contributed by atoms with Crippen molar-refractivity contribution in [2.75, 3.05) is 0 Å². The van der Waals surface area contributed by atoms with Gasteiger partial charge in [-0.15, -0.1) is 0 Å². The van der Waals surface area contributed by atoms with Gasteiger partial charge in [0.1, 0.15) is 6.04 Å². The lowest BCUT2D eigenvalue weighted by atomic mass is 9.64. The lowest BCUT2D eigenvalue weighted by molar-refractivity contribution is -0.140. The average molecular weight is 281 g/mol. The lowest BCUT2D eigenvalue weighted by Gasteiger charge is -2.43. The molecule has 2 rings (SSSR count). The first-order valence-corrected chi connectivity index (χ1v) is 8.64. The fourth-order valence-corrected chi connectivity index (χ4v) is 4.17. The maximum absolute atomic E-state index is 11.3. The van der Waals surface area contributed by atoms with Crippen molar-refractivity contribution >= 4 is 5.97 Å². The van der Waals surface area contributed by atoms with Crippen LogP contribution in [0.2, 0.25) is 0 Å². The van der Waals surface area contributed by atoms with Gasteiger partial charge in [-0.1, -0.05) is 39.0 Å². The number of carboxylic acids is 1. The molecule has 2 aliphatic rings. The highest BCUT2D eigenvalue weighted by Gasteiger charge is 2.36. The van der Waals surface area contributed by atoms with Gasteiger partial charge in [0.05, 0.1) is 0 Å². The van der Waals surface area contributed by atoms with E-state index in [2.05, 4.69) is 12.2 Å². The molecule has 0 amide bonds. The third-order valence-corrected chi connectivity index (χ3v) is 5.54. The molecule has 0 aromatic heterocycles. The van der Waals surface area contributed by atoms with Crippen LogP contribution in [0.4, 0.5) is 0 Å². The summed E-state index contributed by atoms with van der Waals surface area (Å²) in [6.07, 6.45) is 14.9. The van der Waals surface area contributed by atoms with Gasteiger partial charge in [0.25, 0.3) is 0 Å². The fraction of sp³-hybridized carbons (Fsp3) is 0.941. The van der Waals surface area contributed by atoms with Gasteiger partial charge >= 0.3 is 5.97 Å². The molecule has 0 bridgehead atoms. The molecular formula is C17H31NO2. The van der Waals surface area contributed by atoms with Crippen molar-refractivity contribution in [3.05, 3.63) is 0 Å². The topological polar surface area (TPSA) is 49.3 Å². The zero-order valence-electron chi connectivity index (χ0n) is 13.0. The van der Waals surface area contributed by atoms with Crippen LogP contribution in [0.1, 0.15) is 84.0 Å². The average Bonchev–Trinajstić information content (AvgIpc) is 2.46. The maximum Gasteiger partial charge on any atom is 0.320 e. The molecule has 2 N–H and O–H groups in total. The van der Waals surface area contributed by atoms with Crippen LogP contribution in [-0.4, -0.2) is 23.2 Å². The van der Waals surface area contributed by atoms with Gasteiger partial charge in [0.15, 0.2) is 0 Å². The minimum absolute atomic E-state index is 0.333. The van der Waals surface area contributed by atoms with E-state index in [-0.39, 0.29) is 6.04 Å². The molecule has 0 unspecified atom stereocenters. The van der Waals surface area contributed by atoms with Crippen LogP contribution in [0.25, 0.3) is 0 Å². The van der Waals surface area contributed by atoms with Gasteiger partial charge in [-0.05, 0) is 50.4 Å². The van der Waals surface area contributed by atoms with E-state index >= 15 is 0 Å². The zero-order chi connectivity index (χ0) is 14.4. The normalized spacial score (nSPS) is 24.6. The quantitative estimate of drug-likeness (QED) is 0.770. The SMILES string of the molecule is CCCC[C@H](NC1CCC2(CCCCC2)CC1)C(=O)O. The summed E-state index contributed by atoms with van der Waals surface area (Å²) in [5.41, 5.74) is 0.624. The van der Waals surface area contributed by atoms with E-state index in [1.54, 1.807) is 0 Å². The first-order valence-electron chi connectivity index (χ1n) is 8.64. The summed E-state index contributed by atoms with van der Waals surface area (Å²) < 4.78 is 0. The van der Waals surface area contributed by atoms with E-state index in [1.165, 1.54) is 57.8 Å². The van der Waals surface area contributed by atoms with Crippen molar-refractivity contribution in [3.8, 4) is 0 Å². The number of hydrogen-bond acceptors (Lipinski definition) is 2. The molecule has 0 radical (unpaired) electrons. The highest BCUT2D eigenvalue weighted by atomic mass is 16.4. The van der Waals surface area contributed by atoms with E-state index in [9.17, 15) is 9.90 Å². The maximum atomic E-state index is 11.3. The van der Waals surface area contributed by atoms with Gasteiger partial charge in [-0.2, -0.15) is 0 Å². The minimum atomic E-state index is -0.670. The molecule has 116 valence electrons. The van der Waals surface area contributed by atoms with Gasteiger partial charge < -0.3 is 10.4 Å². The van der Waals surface area contributed by atoms with Crippen molar-refractivity contribution in [1.29, 1.82) is 0 Å². The Morgan fingerprint density at radius 2 is 1.85 bits per heavy atom. The van der Waals surface area contributed by atoms with Crippen LogP contribution < -0.4 is 5.32 Å². The summed E-state index contributed by atoms with van der Waals surface area (Å²) >= 11 is 0. The fourth-order valence-electron chi connectivity index (χ4n) is 4.17. The number of unbranched alkanes of at least 4 members (excludes halogenated alkanes) is 1. The van der Waals surface area contributed by atoms with Gasteiger partial charge in [-0.25, -0.2) is 0 Å². The third-order valence-electron chi connectivity index (χ3n) is 5.54. The summed E-state index contributed by atoms with van der Waals surface area (Å²) in [6, 6.07) is 0.0980. The Morgan fingerprint density at radius 3 is 2.40 bits per heavy atom. The van der Waals surface area contributed by atoms with Gasteiger partial charge in [0.2, 0.25) is 0 Å². The number of hydrogen-bond donors (Lipinski definition) is 2. The van der Waals surface area contributed by atoms with Crippen LogP contribution in [0, 0.1) is 5.41 Å². The van der Waals surface area contributed by atoms with Crippen molar-refractivity contribution in [2.45, 2.75) is 96.1 Å². The molecule has 3 heteroatoms. The monoisotopic (exact) mass is 281 g/mol. The molecule has 1 atom stereocenters. The standard InChI is InChI=1S/C17H31NO2/c1-2-3-7-15(16(19)20)18-14-8-12-17(13-9-14)10-5-4-6-11-17/h14-15,18H,2-13H2,1H3,(H,19,20)/t15-/m0/s1. The molecule has 0 aromatic rings. The third kappa shape index (κ3) is 4.21. The Morgan fingerprint density at radius 1 is 1.20 bits per heavy atom. The van der Waals surface area contributed by atoms with Gasteiger partial charge in [-0.3, -0.25) is 4.79 Å². The summed E-state index contributed by atoms with van der Waals surface area (Å²) in [6.45, 7) is 2.12. The Bertz CT molecular complexity index is 300. The van der Waals surface area contributed by atoms with Gasteiger partial charge in [0, 0.05) is 6.04 Å². The second-order valence-corrected chi connectivity index (χ2v) is 7.03. The van der Waals surface area contributed by atoms with E-state index in [0.29, 0.717) is 11.5 Å². The van der Waals surface area contributed by atoms with E-state index in [1.807, 2.05) is 0 Å². The summed E-state index contributed by atoms with van der Waals surface area (Å²) in [4.78, 5) is 11.3. The molecule has 2 saturated carbocycles. The number of carboxylic acid groups (broad SMARTS) is 1. The van der Waals surface area contributed by atoms with E-state index < -0.39 is 5.97 Å². The second kappa shape index (κ2) is 7.44. The molecule has 0 aliphatic heterocycles. The second-order valence-electron chi connectivity index (χ2n) is 7.03. The summed E-state index contributed by atoms with van der Waals surface area (Å²) in [5.74, 6) is -0.670. The van der Waals surface area contributed by atoms with Crippen molar-refractivity contribution in [2.24, 2.45) is 5.41 Å². The molecular weight excluding hydrogens is 250 g/mol. The smallest absolute Gasteiger partial charge is 0.320 e. The number of nitrogens with one attached hydrogen (secondary N) is 1. The predicted octanol–water partition coefficient (Wildman–Crippen LogP) is 4.11. The molecule has 20 heavy (non-hydrogen) atoms. The molecule has 0 saturated heterocycles. The molecule has 3 nitrogen and oxygen atoms in total. The molecule has 0 aromatic carbocycles. The first kappa shape index (κ1) is 15.8. The highest BCUT2D eigenvalue weighted by molar-refractivity contribution is 5.73. The number of rotatable bonds is 6. The Labute approximate surface area is 123 Å². The van der Waals surface area contributed by atoms with Crippen LogP contribution in [0.5, 0.6) is 0 Å². The predicted molar refractivity (Wildman–Crippen MR) is 81.9 cm³/mol. The summed E-state index contributed by atoms with van der Waals surface area (Å²) in [7, 11) is 0. The Balaban J connectivity index is 1.78. The zero-order valence-corrected chi connectivity index (χ0v) is 13.0. The first-order chi connectivity index (χ1) is 9.65. The number of carbonyl (C=O) groups is 1. The minimum Gasteiger partial charge on any atom is -0.480 e. The number of aliphatic carboxylic acids is 1. The lowest BCUT2D eigenvalue weighted by Crippen LogP contribution is -2.46. The molecule has 1 spiro atoms. The van der Waals surface area contributed by atoms with E-state index in [0.717, 1.165) is 19.3 Å². The van der Waals surface area contributed by atoms with E-state index in [4.69, 9.17) is 0 Å². The Kier molecular flexibility index (Phi) is 5.88. The van der Waals surface area contributed by atoms with Crippen LogP contribution in [-0.2, 0) is 4.79 Å². The van der Waals surface area contributed by atoms with Crippen LogP contribution in [0.15, 0.2) is 0 Å². The largest absolute Gasteiger partial charge is 0.480 e. The molecule has 2 aliphatic carbocycles. The van der Waals surface area contributed by atoms with Crippen molar-refractivity contribution < 1.29 is 9.90 Å². The van der Waals surface area contributed by atoms with Crippen molar-refractivity contribution in [1.82, 2.24) is 5.32 Å². The van der Waals surface area contributed by atoms with Crippen LogP contribution in [0.3, 0.4) is 0 Å². The van der Waals surface area contributed by atoms with Crippen LogP contribution >= 0.6 is 0 Å². The molecule has 2 fully saturated rings. The highest BCUT2D eigenvalue weighted by Crippen LogP contribution is 2.47. The van der Waals surface area contributed by atoms with Crippen molar-refractivity contribution in [3.63, 3.8) is 0 Å². The molecule has 0 heterocycles. The Hall–Kier alpha value is -0.570.